The van der Waals surface area contributed by atoms with Gasteiger partial charge in [-0.05, 0) is 49.4 Å². The van der Waals surface area contributed by atoms with Crippen LogP contribution in [0.25, 0.3) is 0 Å². The molecule has 0 aromatic heterocycles. The van der Waals surface area contributed by atoms with E-state index in [0.29, 0.717) is 5.92 Å². The maximum absolute atomic E-state index is 8.85. The molecule has 3 nitrogen and oxygen atoms in total. The molecule has 0 unspecified atom stereocenters. The zero-order valence-electron chi connectivity index (χ0n) is 11.4. The van der Waals surface area contributed by atoms with Gasteiger partial charge in [-0.3, -0.25) is 0 Å². The van der Waals surface area contributed by atoms with Gasteiger partial charge < -0.3 is 9.64 Å². The Bertz CT molecular complexity index is 486. The summed E-state index contributed by atoms with van der Waals surface area (Å²) < 4.78 is 6.10. The lowest BCUT2D eigenvalue weighted by Gasteiger charge is -2.41. The summed E-state index contributed by atoms with van der Waals surface area (Å²) in [5, 5.41) is 8.85. The third-order valence-corrected chi connectivity index (χ3v) is 4.30. The van der Waals surface area contributed by atoms with Crippen molar-refractivity contribution in [2.24, 2.45) is 5.92 Å². The lowest BCUT2D eigenvalue weighted by atomic mass is 9.87. The van der Waals surface area contributed by atoms with E-state index in [1.54, 1.807) is 0 Å². The lowest BCUT2D eigenvalue weighted by molar-refractivity contribution is -0.00685. The Morgan fingerprint density at radius 2 is 2.16 bits per heavy atom. The van der Waals surface area contributed by atoms with Crippen molar-refractivity contribution in [3.05, 3.63) is 29.8 Å². The van der Waals surface area contributed by atoms with E-state index in [1.807, 2.05) is 12.1 Å². The average Bonchev–Trinajstić information content (AvgIpc) is 2.79. The van der Waals surface area contributed by atoms with Crippen LogP contribution in [0.3, 0.4) is 0 Å². The maximum atomic E-state index is 8.85. The van der Waals surface area contributed by atoms with Gasteiger partial charge in [-0.2, -0.15) is 5.26 Å². The van der Waals surface area contributed by atoms with Crippen molar-refractivity contribution in [2.45, 2.75) is 31.8 Å². The Balaban J connectivity index is 1.76. The largest absolute Gasteiger partial charge is 0.373 e. The second-order valence-corrected chi connectivity index (χ2v) is 5.99. The van der Waals surface area contributed by atoms with E-state index < -0.39 is 0 Å². The topological polar surface area (TPSA) is 36.3 Å². The normalized spacial score (nSPS) is 30.5. The van der Waals surface area contributed by atoms with Crippen LogP contribution in [0.15, 0.2) is 24.3 Å². The zero-order chi connectivity index (χ0) is 13.3. The third kappa shape index (κ3) is 2.46. The molecular weight excluding hydrogens is 236 g/mol. The van der Waals surface area contributed by atoms with Crippen LogP contribution in [0.1, 0.15) is 31.7 Å². The smallest absolute Gasteiger partial charge is 0.0991 e. The highest BCUT2D eigenvalue weighted by Crippen LogP contribution is 2.38. The molecule has 100 valence electrons. The first kappa shape index (κ1) is 12.5. The molecule has 2 aliphatic heterocycles. The third-order valence-electron chi connectivity index (χ3n) is 4.30. The Kier molecular flexibility index (Phi) is 3.20. The van der Waals surface area contributed by atoms with Crippen LogP contribution < -0.4 is 4.90 Å². The van der Waals surface area contributed by atoms with Gasteiger partial charge in [-0.15, -0.1) is 0 Å². The Morgan fingerprint density at radius 3 is 2.79 bits per heavy atom. The molecule has 0 amide bonds. The van der Waals surface area contributed by atoms with Gasteiger partial charge in [0, 0.05) is 18.8 Å². The van der Waals surface area contributed by atoms with Crippen molar-refractivity contribution < 1.29 is 4.74 Å². The van der Waals surface area contributed by atoms with E-state index in [1.165, 1.54) is 24.9 Å². The summed E-state index contributed by atoms with van der Waals surface area (Å²) in [4.78, 5) is 2.41. The fourth-order valence-electron chi connectivity index (χ4n) is 3.42. The summed E-state index contributed by atoms with van der Waals surface area (Å²) in [6.45, 7) is 5.26. The molecular formula is C16H20N2O. The van der Waals surface area contributed by atoms with E-state index in [9.17, 15) is 0 Å². The van der Waals surface area contributed by atoms with Gasteiger partial charge >= 0.3 is 0 Å². The van der Waals surface area contributed by atoms with E-state index >= 15 is 0 Å². The Hall–Kier alpha value is -1.53. The molecule has 0 radical (unpaired) electrons. The van der Waals surface area contributed by atoms with Crippen molar-refractivity contribution in [1.82, 2.24) is 0 Å². The van der Waals surface area contributed by atoms with Crippen LogP contribution >= 0.6 is 0 Å². The van der Waals surface area contributed by atoms with Gasteiger partial charge in [0.05, 0.1) is 23.8 Å². The molecule has 2 fully saturated rings. The molecule has 3 rings (SSSR count). The van der Waals surface area contributed by atoms with Gasteiger partial charge in [0.1, 0.15) is 0 Å². The van der Waals surface area contributed by atoms with Crippen molar-refractivity contribution in [2.75, 3.05) is 24.6 Å². The molecule has 2 heterocycles. The Labute approximate surface area is 114 Å². The summed E-state index contributed by atoms with van der Waals surface area (Å²) in [5.74, 6) is 0.681. The van der Waals surface area contributed by atoms with Crippen LogP contribution in [0.4, 0.5) is 5.69 Å². The number of nitriles is 1. The average molecular weight is 256 g/mol. The molecule has 0 aliphatic carbocycles. The fourth-order valence-corrected chi connectivity index (χ4v) is 3.42. The monoisotopic (exact) mass is 256 g/mol. The fraction of sp³-hybridized carbons (Fsp3) is 0.562. The van der Waals surface area contributed by atoms with Crippen LogP contribution in [0.5, 0.6) is 0 Å². The van der Waals surface area contributed by atoms with E-state index in [-0.39, 0.29) is 5.60 Å². The molecule has 2 atom stereocenters. The summed E-state index contributed by atoms with van der Waals surface area (Å²) in [6, 6.07) is 10.1. The SMILES string of the molecule is C[C@H]1CO[C@]2(CCCN(c3ccc(C#N)cc3)C2)C1. The number of rotatable bonds is 1. The molecule has 0 N–H and O–H groups in total. The molecule has 1 aromatic carbocycles. The van der Waals surface area contributed by atoms with E-state index in [2.05, 4.69) is 30.0 Å². The molecule has 3 heteroatoms. The lowest BCUT2D eigenvalue weighted by Crippen LogP contribution is -2.48. The number of ether oxygens (including phenoxy) is 1. The predicted octanol–water partition coefficient (Wildman–Crippen LogP) is 2.95. The molecule has 19 heavy (non-hydrogen) atoms. The number of hydrogen-bond acceptors (Lipinski definition) is 3. The molecule has 2 aliphatic rings. The number of anilines is 1. The highest BCUT2D eigenvalue weighted by atomic mass is 16.5. The first-order chi connectivity index (χ1) is 9.21. The highest BCUT2D eigenvalue weighted by molar-refractivity contribution is 5.50. The minimum atomic E-state index is 0.0750. The molecule has 0 saturated carbocycles. The van der Waals surface area contributed by atoms with Crippen molar-refractivity contribution >= 4 is 5.69 Å². The first-order valence-electron chi connectivity index (χ1n) is 7.10. The number of piperidine rings is 1. The van der Waals surface area contributed by atoms with E-state index in [0.717, 1.165) is 25.3 Å². The van der Waals surface area contributed by atoms with Gasteiger partial charge in [0.25, 0.3) is 0 Å². The van der Waals surface area contributed by atoms with Crippen LogP contribution in [0, 0.1) is 17.2 Å². The standard InChI is InChI=1S/C16H20N2O/c1-13-9-16(19-11-13)7-2-8-18(12-16)15-5-3-14(10-17)4-6-15/h3-6,13H,2,7-9,11-12H2,1H3/t13-,16-/m1/s1. The Morgan fingerprint density at radius 1 is 1.37 bits per heavy atom. The maximum Gasteiger partial charge on any atom is 0.0991 e. The van der Waals surface area contributed by atoms with Crippen LogP contribution in [-0.2, 0) is 4.74 Å². The summed E-state index contributed by atoms with van der Waals surface area (Å²) in [7, 11) is 0. The second kappa shape index (κ2) is 4.86. The van der Waals surface area contributed by atoms with Crippen LogP contribution in [-0.4, -0.2) is 25.3 Å². The van der Waals surface area contributed by atoms with Crippen LogP contribution in [0.2, 0.25) is 0 Å². The predicted molar refractivity (Wildman–Crippen MR) is 75.1 cm³/mol. The number of hydrogen-bond donors (Lipinski definition) is 0. The van der Waals surface area contributed by atoms with Crippen molar-refractivity contribution in [3.63, 3.8) is 0 Å². The van der Waals surface area contributed by atoms with Gasteiger partial charge in [-0.25, -0.2) is 0 Å². The minimum Gasteiger partial charge on any atom is -0.373 e. The summed E-state index contributed by atoms with van der Waals surface area (Å²) in [6.07, 6.45) is 3.55. The van der Waals surface area contributed by atoms with Gasteiger partial charge in [-0.1, -0.05) is 6.92 Å². The van der Waals surface area contributed by atoms with Crippen molar-refractivity contribution in [3.8, 4) is 6.07 Å². The quantitative estimate of drug-likeness (QED) is 0.775. The molecule has 0 bridgehead atoms. The molecule has 1 aromatic rings. The van der Waals surface area contributed by atoms with Gasteiger partial charge in [0.2, 0.25) is 0 Å². The number of nitrogens with zero attached hydrogens (tertiary/aromatic N) is 2. The number of benzene rings is 1. The highest BCUT2D eigenvalue weighted by Gasteiger charge is 2.42. The first-order valence-corrected chi connectivity index (χ1v) is 7.10. The molecule has 1 spiro atoms. The minimum absolute atomic E-state index is 0.0750. The van der Waals surface area contributed by atoms with Gasteiger partial charge in [0.15, 0.2) is 0 Å². The van der Waals surface area contributed by atoms with E-state index in [4.69, 9.17) is 10.00 Å². The molecule has 2 saturated heterocycles. The van der Waals surface area contributed by atoms with Crippen molar-refractivity contribution in [1.29, 1.82) is 5.26 Å². The summed E-state index contributed by atoms with van der Waals surface area (Å²) >= 11 is 0. The summed E-state index contributed by atoms with van der Waals surface area (Å²) in [5.41, 5.74) is 2.01. The zero-order valence-corrected chi connectivity index (χ0v) is 11.4. The second-order valence-electron chi connectivity index (χ2n) is 5.99.